The van der Waals surface area contributed by atoms with Crippen molar-refractivity contribution in [1.29, 1.82) is 0 Å². The average Bonchev–Trinajstić information content (AvgIpc) is 3.37. The number of hydrogen-bond donors (Lipinski definition) is 1. The summed E-state index contributed by atoms with van der Waals surface area (Å²) in [4.78, 5) is 29.6. The summed E-state index contributed by atoms with van der Waals surface area (Å²) in [6, 6.07) is 24.1. The minimum absolute atomic E-state index is 0.0428. The zero-order valence-corrected chi connectivity index (χ0v) is 22.1. The monoisotopic (exact) mass is 520 g/mol. The number of rotatable bonds is 6. The van der Waals surface area contributed by atoms with Crippen LogP contribution in [0.2, 0.25) is 0 Å². The number of fused-ring (bicyclic) bond motifs is 3. The number of anilines is 1. The van der Waals surface area contributed by atoms with E-state index in [0.717, 1.165) is 47.8 Å². The van der Waals surface area contributed by atoms with Gasteiger partial charge in [-0.3, -0.25) is 19.1 Å². The van der Waals surface area contributed by atoms with E-state index in [2.05, 4.69) is 49.2 Å². The Morgan fingerprint density at radius 1 is 0.872 bits per heavy atom. The lowest BCUT2D eigenvalue weighted by molar-refractivity contribution is -0.117. The van der Waals surface area contributed by atoms with Crippen LogP contribution in [0, 0.1) is 6.92 Å². The van der Waals surface area contributed by atoms with Crippen LogP contribution in [-0.4, -0.2) is 69.1 Å². The number of carbonyl (C=O) groups is 2. The molecule has 39 heavy (non-hydrogen) atoms. The predicted octanol–water partition coefficient (Wildman–Crippen LogP) is 3.66. The van der Waals surface area contributed by atoms with Crippen molar-refractivity contribution < 1.29 is 9.59 Å². The van der Waals surface area contributed by atoms with E-state index in [1.165, 1.54) is 11.1 Å². The number of carbonyl (C=O) groups excluding carboxylic acids is 2. The Morgan fingerprint density at radius 2 is 1.64 bits per heavy atom. The van der Waals surface area contributed by atoms with E-state index in [9.17, 15) is 9.59 Å². The highest BCUT2D eigenvalue weighted by molar-refractivity contribution is 5.94. The Kier molecular flexibility index (Phi) is 6.94. The molecule has 6 rings (SSSR count). The number of benzene rings is 3. The summed E-state index contributed by atoms with van der Waals surface area (Å²) in [5.74, 6) is 1.91. The molecule has 4 aromatic rings. The third-order valence-electron chi connectivity index (χ3n) is 7.55. The second-order valence-electron chi connectivity index (χ2n) is 10.4. The predicted molar refractivity (Wildman–Crippen MR) is 150 cm³/mol. The molecule has 1 aromatic heterocycles. The molecule has 0 bridgehead atoms. The fourth-order valence-electron chi connectivity index (χ4n) is 5.41. The van der Waals surface area contributed by atoms with Crippen LogP contribution in [0.5, 0.6) is 0 Å². The first-order chi connectivity index (χ1) is 19.0. The molecule has 2 amide bonds. The number of nitrogens with one attached hydrogen (secondary N) is 1. The quantitative estimate of drug-likeness (QED) is 0.420. The fourth-order valence-corrected chi connectivity index (χ4v) is 5.41. The number of piperazine rings is 1. The highest BCUT2D eigenvalue weighted by atomic mass is 16.2. The third kappa shape index (κ3) is 5.47. The zero-order valence-electron chi connectivity index (χ0n) is 22.1. The highest BCUT2D eigenvalue weighted by Gasteiger charge is 2.24. The number of hydrogen-bond acceptors (Lipinski definition) is 5. The first-order valence-electron chi connectivity index (χ1n) is 13.5. The number of aryl methyl sites for hydroxylation is 3. The summed E-state index contributed by atoms with van der Waals surface area (Å²) in [6.45, 7) is 4.90. The topological polar surface area (TPSA) is 83.4 Å². The van der Waals surface area contributed by atoms with E-state index in [4.69, 9.17) is 0 Å². The van der Waals surface area contributed by atoms with Crippen LogP contribution in [0.25, 0.3) is 5.69 Å². The summed E-state index contributed by atoms with van der Waals surface area (Å²) in [5.41, 5.74) is 6.11. The smallest absolute Gasteiger partial charge is 0.253 e. The van der Waals surface area contributed by atoms with E-state index in [1.807, 2.05) is 60.4 Å². The van der Waals surface area contributed by atoms with Gasteiger partial charge in [0.25, 0.3) is 5.91 Å². The van der Waals surface area contributed by atoms with Crippen molar-refractivity contribution in [2.75, 3.05) is 38.0 Å². The Hall–Kier alpha value is -4.30. The summed E-state index contributed by atoms with van der Waals surface area (Å²) < 4.78 is 2.16. The Balaban J connectivity index is 1.06. The van der Waals surface area contributed by atoms with E-state index in [0.29, 0.717) is 38.3 Å². The van der Waals surface area contributed by atoms with Gasteiger partial charge in [0.15, 0.2) is 0 Å². The van der Waals surface area contributed by atoms with Crippen molar-refractivity contribution in [3.05, 3.63) is 107 Å². The van der Waals surface area contributed by atoms with Crippen LogP contribution >= 0.6 is 0 Å². The van der Waals surface area contributed by atoms with Crippen LogP contribution in [0.3, 0.4) is 0 Å². The standard InChI is InChI=1S/C31H32N6O2/c1-22-7-9-24(10-8-22)31(39)36-17-15-35(16-18-36)21-30(38)32-26-12-13-27-25(20-26)11-14-28-33-34-29(37(27)28)19-23-5-3-2-4-6-23/h2-10,12-13,20H,11,14-19,21H2,1H3,(H,32,38). The number of nitrogens with zero attached hydrogens (tertiary/aromatic N) is 5. The van der Waals surface area contributed by atoms with Gasteiger partial charge in [-0.25, -0.2) is 0 Å². The maximum absolute atomic E-state index is 12.9. The van der Waals surface area contributed by atoms with Crippen molar-refractivity contribution in [1.82, 2.24) is 24.6 Å². The van der Waals surface area contributed by atoms with Crippen molar-refractivity contribution in [2.24, 2.45) is 0 Å². The van der Waals surface area contributed by atoms with E-state index >= 15 is 0 Å². The third-order valence-corrected chi connectivity index (χ3v) is 7.55. The van der Waals surface area contributed by atoms with Crippen LogP contribution in [0.1, 0.15) is 38.7 Å². The minimum atomic E-state index is -0.0428. The summed E-state index contributed by atoms with van der Waals surface area (Å²) in [5, 5.41) is 12.0. The molecule has 1 fully saturated rings. The van der Waals surface area contributed by atoms with Crippen LogP contribution in [-0.2, 0) is 24.1 Å². The molecule has 1 saturated heterocycles. The van der Waals surface area contributed by atoms with Crippen LogP contribution in [0.15, 0.2) is 72.8 Å². The van der Waals surface area contributed by atoms with Gasteiger partial charge in [-0.1, -0.05) is 48.0 Å². The van der Waals surface area contributed by atoms with Gasteiger partial charge in [-0.15, -0.1) is 10.2 Å². The maximum atomic E-state index is 12.9. The van der Waals surface area contributed by atoms with Crippen molar-refractivity contribution >= 4 is 17.5 Å². The van der Waals surface area contributed by atoms with E-state index in [1.54, 1.807) is 0 Å². The Labute approximate surface area is 228 Å². The summed E-state index contributed by atoms with van der Waals surface area (Å²) >= 11 is 0. The van der Waals surface area contributed by atoms with Crippen molar-refractivity contribution in [2.45, 2.75) is 26.2 Å². The lowest BCUT2D eigenvalue weighted by Crippen LogP contribution is -2.50. The van der Waals surface area contributed by atoms with Crippen LogP contribution in [0.4, 0.5) is 5.69 Å². The van der Waals surface area contributed by atoms with Gasteiger partial charge in [0.05, 0.1) is 12.2 Å². The SMILES string of the molecule is Cc1ccc(C(=O)N2CCN(CC(=O)Nc3ccc4c(c3)CCc3nnc(Cc5ccccc5)n3-4)CC2)cc1. The van der Waals surface area contributed by atoms with Crippen LogP contribution < -0.4 is 5.32 Å². The zero-order chi connectivity index (χ0) is 26.8. The molecule has 0 atom stereocenters. The molecule has 0 radical (unpaired) electrons. The molecule has 3 aromatic carbocycles. The largest absolute Gasteiger partial charge is 0.336 e. The molecule has 8 heteroatoms. The lowest BCUT2D eigenvalue weighted by atomic mass is 10.0. The Bertz CT molecular complexity index is 1490. The van der Waals surface area contributed by atoms with Crippen molar-refractivity contribution in [3.8, 4) is 5.69 Å². The molecule has 0 saturated carbocycles. The first-order valence-corrected chi connectivity index (χ1v) is 13.5. The van der Waals surface area contributed by atoms with Crippen molar-refractivity contribution in [3.63, 3.8) is 0 Å². The number of aromatic nitrogens is 3. The van der Waals surface area contributed by atoms with Gasteiger partial charge >= 0.3 is 0 Å². The molecular weight excluding hydrogens is 488 g/mol. The molecule has 198 valence electrons. The van der Waals surface area contributed by atoms with Gasteiger partial charge in [0.1, 0.15) is 11.6 Å². The maximum Gasteiger partial charge on any atom is 0.253 e. The molecule has 0 unspecified atom stereocenters. The molecule has 1 N–H and O–H groups in total. The number of amides is 2. The summed E-state index contributed by atoms with van der Waals surface area (Å²) in [7, 11) is 0. The van der Waals surface area contributed by atoms with Gasteiger partial charge in [0, 0.05) is 50.3 Å². The first kappa shape index (κ1) is 25.0. The molecule has 2 aliphatic rings. The summed E-state index contributed by atoms with van der Waals surface area (Å²) in [6.07, 6.45) is 2.40. The minimum Gasteiger partial charge on any atom is -0.336 e. The molecule has 8 nitrogen and oxygen atoms in total. The molecular formula is C31H32N6O2. The second-order valence-corrected chi connectivity index (χ2v) is 10.4. The molecule has 3 heterocycles. The normalized spacial score (nSPS) is 14.9. The Morgan fingerprint density at radius 3 is 2.41 bits per heavy atom. The lowest BCUT2D eigenvalue weighted by Gasteiger charge is -2.34. The van der Waals surface area contributed by atoms with Gasteiger partial charge in [-0.2, -0.15) is 0 Å². The second kappa shape index (κ2) is 10.8. The van der Waals surface area contributed by atoms with E-state index in [-0.39, 0.29) is 11.8 Å². The highest BCUT2D eigenvalue weighted by Crippen LogP contribution is 2.28. The van der Waals surface area contributed by atoms with Gasteiger partial charge < -0.3 is 10.2 Å². The van der Waals surface area contributed by atoms with Gasteiger partial charge in [-0.05, 0) is 54.8 Å². The molecule has 0 spiro atoms. The van der Waals surface area contributed by atoms with Gasteiger partial charge in [0.2, 0.25) is 5.91 Å². The fraction of sp³-hybridized carbons (Fsp3) is 0.290. The van der Waals surface area contributed by atoms with E-state index < -0.39 is 0 Å². The molecule has 2 aliphatic heterocycles. The molecule has 0 aliphatic carbocycles. The average molecular weight is 521 g/mol.